The first-order valence-electron chi connectivity index (χ1n) is 12.8. The van der Waals surface area contributed by atoms with E-state index in [9.17, 15) is 13.2 Å². The minimum Gasteiger partial charge on any atom is -0.340 e. The molecule has 10 heteroatoms. The van der Waals surface area contributed by atoms with E-state index in [2.05, 4.69) is 19.5 Å². The molecule has 188 valence electrons. The molecule has 0 bridgehead atoms. The summed E-state index contributed by atoms with van der Waals surface area (Å²) in [7, 11) is -3.66. The number of aryl methyl sites for hydroxylation is 1. The van der Waals surface area contributed by atoms with Gasteiger partial charge in [-0.15, -0.1) is 10.2 Å². The van der Waals surface area contributed by atoms with E-state index < -0.39 is 16.1 Å². The molecule has 5 rings (SSSR count). The number of aliphatic imine (C=N–C) groups is 1. The third-order valence-electron chi connectivity index (χ3n) is 7.60. The number of sulfonamides is 1. The Kier molecular flexibility index (Phi) is 6.65. The van der Waals surface area contributed by atoms with Gasteiger partial charge in [0.1, 0.15) is 23.5 Å². The lowest BCUT2D eigenvalue weighted by atomic mass is 9.93. The van der Waals surface area contributed by atoms with Gasteiger partial charge < -0.3 is 9.47 Å². The van der Waals surface area contributed by atoms with E-state index in [1.54, 1.807) is 24.3 Å². The number of amides is 1. The van der Waals surface area contributed by atoms with Crippen LogP contribution in [0.4, 0.5) is 0 Å². The molecule has 0 aliphatic carbocycles. The maximum atomic E-state index is 13.8. The fourth-order valence-electron chi connectivity index (χ4n) is 5.40. The summed E-state index contributed by atoms with van der Waals surface area (Å²) >= 11 is 0. The van der Waals surface area contributed by atoms with Gasteiger partial charge in [-0.2, -0.15) is 0 Å². The molecule has 1 aromatic heterocycles. The molecule has 1 saturated heterocycles. The van der Waals surface area contributed by atoms with Crippen molar-refractivity contribution in [2.75, 3.05) is 13.1 Å². The minimum absolute atomic E-state index is 0.0305. The van der Waals surface area contributed by atoms with Crippen molar-refractivity contribution < 1.29 is 13.2 Å². The zero-order chi connectivity index (χ0) is 24.6. The molecule has 4 heterocycles. The molecular formula is C25H34N6O3S. The highest BCUT2D eigenvalue weighted by atomic mass is 32.2. The molecule has 1 fully saturated rings. The van der Waals surface area contributed by atoms with Crippen molar-refractivity contribution in [2.24, 2.45) is 10.9 Å². The number of nitrogens with zero attached hydrogens (tertiary/aromatic N) is 5. The van der Waals surface area contributed by atoms with Gasteiger partial charge in [-0.3, -0.25) is 14.5 Å². The van der Waals surface area contributed by atoms with Crippen LogP contribution in [-0.2, 0) is 27.8 Å². The summed E-state index contributed by atoms with van der Waals surface area (Å²) in [5, 5.41) is 9.01. The second kappa shape index (κ2) is 9.72. The summed E-state index contributed by atoms with van der Waals surface area (Å²) in [6, 6.07) is 6.12. The molecular weight excluding hydrogens is 464 g/mol. The summed E-state index contributed by atoms with van der Waals surface area (Å²) in [6.45, 7) is 6.25. The van der Waals surface area contributed by atoms with E-state index in [0.717, 1.165) is 56.7 Å². The molecule has 3 aliphatic rings. The Balaban J connectivity index is 1.40. The van der Waals surface area contributed by atoms with E-state index in [0.29, 0.717) is 18.7 Å². The highest BCUT2D eigenvalue weighted by molar-refractivity contribution is 7.90. The maximum Gasteiger partial charge on any atom is 0.263 e. The zero-order valence-electron chi connectivity index (χ0n) is 20.5. The monoisotopic (exact) mass is 498 g/mol. The van der Waals surface area contributed by atoms with E-state index in [1.165, 1.54) is 6.42 Å². The van der Waals surface area contributed by atoms with E-state index in [4.69, 9.17) is 4.99 Å². The van der Waals surface area contributed by atoms with Crippen LogP contribution in [0, 0.1) is 5.92 Å². The number of nitrogens with one attached hydrogen (secondary N) is 1. The SMILES string of the molecule is CC[C@H](C)[C@H](N=C1NS(=O)(=O)c2ccccc21)C(=O)N1CCCC(c2nnc3n2CCCCC3)C1. The highest BCUT2D eigenvalue weighted by Crippen LogP contribution is 2.30. The van der Waals surface area contributed by atoms with E-state index >= 15 is 0 Å². The molecule has 9 nitrogen and oxygen atoms in total. The lowest BCUT2D eigenvalue weighted by molar-refractivity contribution is -0.134. The average Bonchev–Trinajstić information content (AvgIpc) is 3.29. The van der Waals surface area contributed by atoms with Crippen LogP contribution in [-0.4, -0.2) is 59.0 Å². The van der Waals surface area contributed by atoms with Crippen molar-refractivity contribution in [1.82, 2.24) is 24.4 Å². The number of hydrogen-bond acceptors (Lipinski definition) is 6. The van der Waals surface area contributed by atoms with E-state index in [1.807, 2.05) is 18.7 Å². The number of carbonyl (C=O) groups is 1. The standard InChI is InChI=1S/C25H34N6O3S/c1-3-17(2)22(26-23-19-11-6-7-12-20(19)35(33,34)29-23)25(32)30-14-9-10-18(16-30)24-28-27-21-13-5-4-8-15-31(21)24/h6-7,11-12,17-18,22H,3-5,8-10,13-16H2,1-2H3,(H,26,29)/t17-,18?,22-/m0/s1. The first kappa shape index (κ1) is 24.0. The molecule has 2 aromatic rings. The maximum absolute atomic E-state index is 13.8. The molecule has 1 amide bonds. The number of piperidine rings is 1. The number of benzene rings is 1. The van der Waals surface area contributed by atoms with Gasteiger partial charge in [0, 0.05) is 37.5 Å². The van der Waals surface area contributed by atoms with Crippen molar-refractivity contribution in [1.29, 1.82) is 0 Å². The Labute approximate surface area is 207 Å². The molecule has 1 N–H and O–H groups in total. The largest absolute Gasteiger partial charge is 0.340 e. The third kappa shape index (κ3) is 4.60. The van der Waals surface area contributed by atoms with Crippen LogP contribution < -0.4 is 4.72 Å². The molecule has 0 saturated carbocycles. The molecule has 1 aromatic carbocycles. The molecule has 3 aliphatic heterocycles. The fourth-order valence-corrected chi connectivity index (χ4v) is 6.64. The summed E-state index contributed by atoms with van der Waals surface area (Å²) < 4.78 is 30.0. The van der Waals surface area contributed by atoms with Crippen LogP contribution in [0.15, 0.2) is 34.2 Å². The lowest BCUT2D eigenvalue weighted by Gasteiger charge is -2.35. The number of amidine groups is 1. The summed E-state index contributed by atoms with van der Waals surface area (Å²) in [4.78, 5) is 20.7. The van der Waals surface area contributed by atoms with Crippen LogP contribution >= 0.6 is 0 Å². The van der Waals surface area contributed by atoms with Gasteiger partial charge in [-0.05, 0) is 43.7 Å². The Bertz CT molecular complexity index is 1240. The van der Waals surface area contributed by atoms with Crippen LogP contribution in [0.25, 0.3) is 0 Å². The predicted octanol–water partition coefficient (Wildman–Crippen LogP) is 2.86. The number of carbonyl (C=O) groups excluding carboxylic acids is 1. The van der Waals surface area contributed by atoms with Crippen LogP contribution in [0.2, 0.25) is 0 Å². The number of rotatable bonds is 5. The fraction of sp³-hybridized carbons (Fsp3) is 0.600. The van der Waals surface area contributed by atoms with Crippen LogP contribution in [0.1, 0.15) is 75.5 Å². The van der Waals surface area contributed by atoms with E-state index in [-0.39, 0.29) is 28.5 Å². The Morgan fingerprint density at radius 1 is 1.17 bits per heavy atom. The van der Waals surface area contributed by atoms with Crippen molar-refractivity contribution in [3.8, 4) is 0 Å². The first-order valence-corrected chi connectivity index (χ1v) is 14.3. The minimum atomic E-state index is -3.66. The average molecular weight is 499 g/mol. The number of likely N-dealkylation sites (tertiary alicyclic amines) is 1. The third-order valence-corrected chi connectivity index (χ3v) is 9.00. The van der Waals surface area contributed by atoms with Gasteiger partial charge in [0.15, 0.2) is 0 Å². The topological polar surface area (TPSA) is 110 Å². The molecule has 0 radical (unpaired) electrons. The normalized spacial score (nSPS) is 24.2. The number of aromatic nitrogens is 3. The quantitative estimate of drug-likeness (QED) is 0.682. The van der Waals surface area contributed by atoms with Gasteiger partial charge in [0.25, 0.3) is 10.0 Å². The predicted molar refractivity (Wildman–Crippen MR) is 133 cm³/mol. The van der Waals surface area contributed by atoms with Gasteiger partial charge in [-0.25, -0.2) is 8.42 Å². The van der Waals surface area contributed by atoms with Crippen LogP contribution in [0.3, 0.4) is 0 Å². The molecule has 3 atom stereocenters. The Hall–Kier alpha value is -2.75. The summed E-state index contributed by atoms with van der Waals surface area (Å²) in [6.07, 6.45) is 7.11. The molecule has 1 unspecified atom stereocenters. The van der Waals surface area contributed by atoms with Gasteiger partial charge in [-0.1, -0.05) is 38.8 Å². The Morgan fingerprint density at radius 2 is 2.00 bits per heavy atom. The lowest BCUT2D eigenvalue weighted by Crippen LogP contribution is -2.46. The Morgan fingerprint density at radius 3 is 2.83 bits per heavy atom. The molecule has 35 heavy (non-hydrogen) atoms. The highest BCUT2D eigenvalue weighted by Gasteiger charge is 2.36. The van der Waals surface area contributed by atoms with Crippen LogP contribution in [0.5, 0.6) is 0 Å². The second-order valence-electron chi connectivity index (χ2n) is 9.97. The van der Waals surface area contributed by atoms with Crippen molar-refractivity contribution >= 4 is 21.8 Å². The zero-order valence-corrected chi connectivity index (χ0v) is 21.3. The second-order valence-corrected chi connectivity index (χ2v) is 11.6. The first-order chi connectivity index (χ1) is 16.9. The molecule has 0 spiro atoms. The summed E-state index contributed by atoms with van der Waals surface area (Å²) in [5.74, 6) is 2.41. The van der Waals surface area contributed by atoms with Gasteiger partial charge in [0.05, 0.1) is 4.90 Å². The number of hydrogen-bond donors (Lipinski definition) is 1. The van der Waals surface area contributed by atoms with Crippen molar-refractivity contribution in [3.05, 3.63) is 41.5 Å². The van der Waals surface area contributed by atoms with Crippen molar-refractivity contribution in [3.63, 3.8) is 0 Å². The number of fused-ring (bicyclic) bond motifs is 2. The smallest absolute Gasteiger partial charge is 0.263 e. The van der Waals surface area contributed by atoms with Gasteiger partial charge in [0.2, 0.25) is 5.91 Å². The summed E-state index contributed by atoms with van der Waals surface area (Å²) in [5.41, 5.74) is 0.524. The van der Waals surface area contributed by atoms with Crippen molar-refractivity contribution in [2.45, 2.75) is 82.2 Å². The van der Waals surface area contributed by atoms with Gasteiger partial charge >= 0.3 is 0 Å².